The number of hydrogen-bond acceptors (Lipinski definition) is 4. The number of aromatic nitrogens is 3. The lowest BCUT2D eigenvalue weighted by atomic mass is 10.0. The predicted molar refractivity (Wildman–Crippen MR) is 77.8 cm³/mol. The maximum Gasteiger partial charge on any atom is 0.175 e. The molecule has 1 N–H and O–H groups in total. The van der Waals surface area contributed by atoms with Crippen molar-refractivity contribution in [3.63, 3.8) is 0 Å². The number of likely N-dealkylation sites (tertiary alicyclic amines) is 1. The van der Waals surface area contributed by atoms with E-state index in [4.69, 9.17) is 11.6 Å². The SMILES string of the molecule is CN1CCC[C@@H](N(C)c2nnc(Cl)c3[nH]ccc23)C1. The molecule has 0 aliphatic carbocycles. The molecule has 102 valence electrons. The molecule has 0 unspecified atom stereocenters. The summed E-state index contributed by atoms with van der Waals surface area (Å²) in [5.74, 6) is 0.904. The number of nitrogens with one attached hydrogen (secondary N) is 1. The molecular weight excluding hydrogens is 262 g/mol. The van der Waals surface area contributed by atoms with Crippen LogP contribution in [-0.2, 0) is 0 Å². The van der Waals surface area contributed by atoms with Gasteiger partial charge in [-0.15, -0.1) is 10.2 Å². The number of piperidine rings is 1. The molecule has 1 aliphatic heterocycles. The molecule has 3 rings (SSSR count). The minimum absolute atomic E-state index is 0.429. The Labute approximate surface area is 117 Å². The average molecular weight is 280 g/mol. The molecule has 1 fully saturated rings. The van der Waals surface area contributed by atoms with Crippen LogP contribution < -0.4 is 4.90 Å². The maximum atomic E-state index is 6.05. The van der Waals surface area contributed by atoms with E-state index in [9.17, 15) is 0 Å². The molecule has 5 nitrogen and oxygen atoms in total. The summed E-state index contributed by atoms with van der Waals surface area (Å²) in [5, 5.41) is 9.79. The first-order valence-corrected chi connectivity index (χ1v) is 6.95. The van der Waals surface area contributed by atoms with Gasteiger partial charge in [-0.2, -0.15) is 0 Å². The third-order valence-corrected chi connectivity index (χ3v) is 4.17. The molecule has 1 aliphatic rings. The van der Waals surface area contributed by atoms with Gasteiger partial charge in [0.1, 0.15) is 0 Å². The van der Waals surface area contributed by atoms with Crippen LogP contribution in [0.25, 0.3) is 10.9 Å². The smallest absolute Gasteiger partial charge is 0.175 e. The van der Waals surface area contributed by atoms with Crippen molar-refractivity contribution in [2.75, 3.05) is 32.1 Å². The third kappa shape index (κ3) is 2.28. The van der Waals surface area contributed by atoms with Crippen LogP contribution in [0.2, 0.25) is 5.15 Å². The molecule has 2 aromatic rings. The predicted octanol–water partition coefficient (Wildman–Crippen LogP) is 2.14. The van der Waals surface area contributed by atoms with Crippen molar-refractivity contribution >= 4 is 28.3 Å². The van der Waals surface area contributed by atoms with E-state index in [1.807, 2.05) is 12.3 Å². The van der Waals surface area contributed by atoms with E-state index in [1.54, 1.807) is 0 Å². The molecule has 0 spiro atoms. The molecule has 19 heavy (non-hydrogen) atoms. The third-order valence-electron chi connectivity index (χ3n) is 3.91. The maximum absolute atomic E-state index is 6.05. The molecule has 3 heterocycles. The van der Waals surface area contributed by atoms with Crippen molar-refractivity contribution in [2.24, 2.45) is 0 Å². The Morgan fingerprint density at radius 1 is 1.47 bits per heavy atom. The number of likely N-dealkylation sites (N-methyl/N-ethyl adjacent to an activating group) is 2. The zero-order valence-electron chi connectivity index (χ0n) is 11.2. The number of fused-ring (bicyclic) bond motifs is 1. The fraction of sp³-hybridized carbons (Fsp3) is 0.538. The molecule has 0 aromatic carbocycles. The Morgan fingerprint density at radius 3 is 3.11 bits per heavy atom. The van der Waals surface area contributed by atoms with Crippen LogP contribution in [0, 0.1) is 0 Å². The number of aromatic amines is 1. The van der Waals surface area contributed by atoms with E-state index in [-0.39, 0.29) is 0 Å². The zero-order chi connectivity index (χ0) is 13.4. The van der Waals surface area contributed by atoms with Gasteiger partial charge >= 0.3 is 0 Å². The summed E-state index contributed by atoms with van der Waals surface area (Å²) >= 11 is 6.05. The Hall–Kier alpha value is -1.33. The van der Waals surface area contributed by atoms with Crippen molar-refractivity contribution in [3.8, 4) is 0 Å². The van der Waals surface area contributed by atoms with E-state index < -0.39 is 0 Å². The first kappa shape index (κ1) is 12.7. The summed E-state index contributed by atoms with van der Waals surface area (Å²) < 4.78 is 0. The lowest BCUT2D eigenvalue weighted by molar-refractivity contribution is 0.247. The molecule has 6 heteroatoms. The molecule has 0 bridgehead atoms. The van der Waals surface area contributed by atoms with Crippen LogP contribution in [0.4, 0.5) is 5.82 Å². The number of halogens is 1. The largest absolute Gasteiger partial charge is 0.359 e. The van der Waals surface area contributed by atoms with Gasteiger partial charge in [0.2, 0.25) is 0 Å². The van der Waals surface area contributed by atoms with Gasteiger partial charge in [-0.3, -0.25) is 0 Å². The Balaban J connectivity index is 1.95. The molecule has 0 saturated carbocycles. The van der Waals surface area contributed by atoms with Crippen LogP contribution in [0.15, 0.2) is 12.3 Å². The molecule has 1 saturated heterocycles. The van der Waals surface area contributed by atoms with Crippen molar-refractivity contribution < 1.29 is 0 Å². The fourth-order valence-electron chi connectivity index (χ4n) is 2.81. The lowest BCUT2D eigenvalue weighted by Crippen LogP contribution is -2.45. The monoisotopic (exact) mass is 279 g/mol. The first-order chi connectivity index (χ1) is 9.16. The van der Waals surface area contributed by atoms with Crippen LogP contribution >= 0.6 is 11.6 Å². The summed E-state index contributed by atoms with van der Waals surface area (Å²) in [7, 11) is 4.26. The van der Waals surface area contributed by atoms with Gasteiger partial charge in [-0.25, -0.2) is 0 Å². The van der Waals surface area contributed by atoms with Crippen molar-refractivity contribution in [2.45, 2.75) is 18.9 Å². The van der Waals surface area contributed by atoms with E-state index in [0.717, 1.165) is 23.3 Å². The second kappa shape index (κ2) is 4.98. The first-order valence-electron chi connectivity index (χ1n) is 6.57. The number of anilines is 1. The van der Waals surface area contributed by atoms with E-state index in [0.29, 0.717) is 11.2 Å². The highest BCUT2D eigenvalue weighted by molar-refractivity contribution is 6.34. The standard InChI is InChI=1S/C13H18ClN5/c1-18-7-3-4-9(8-18)19(2)13-10-5-6-15-11(10)12(14)16-17-13/h5-6,9,15H,3-4,7-8H2,1-2H3/t9-/m1/s1. The Kier molecular flexibility index (Phi) is 3.33. The second-order valence-electron chi connectivity index (χ2n) is 5.25. The minimum atomic E-state index is 0.429. The minimum Gasteiger partial charge on any atom is -0.359 e. The van der Waals surface area contributed by atoms with E-state index in [2.05, 4.69) is 39.1 Å². The van der Waals surface area contributed by atoms with E-state index in [1.165, 1.54) is 19.4 Å². The highest BCUT2D eigenvalue weighted by atomic mass is 35.5. The number of nitrogens with zero attached hydrogens (tertiary/aromatic N) is 4. The fourth-order valence-corrected chi connectivity index (χ4v) is 3.00. The number of rotatable bonds is 2. The normalized spacial score (nSPS) is 20.9. The Morgan fingerprint density at radius 2 is 2.32 bits per heavy atom. The molecule has 2 aromatic heterocycles. The van der Waals surface area contributed by atoms with Gasteiger partial charge in [0.15, 0.2) is 11.0 Å². The van der Waals surface area contributed by atoms with Gasteiger partial charge in [0.25, 0.3) is 0 Å². The molecule has 0 amide bonds. The summed E-state index contributed by atoms with van der Waals surface area (Å²) in [6, 6.07) is 2.49. The quantitative estimate of drug-likeness (QED) is 0.915. The Bertz CT molecular complexity index is 581. The highest BCUT2D eigenvalue weighted by Gasteiger charge is 2.24. The van der Waals surface area contributed by atoms with E-state index >= 15 is 0 Å². The van der Waals surface area contributed by atoms with Gasteiger partial charge in [-0.1, -0.05) is 11.6 Å². The molecule has 1 atom stereocenters. The summed E-state index contributed by atoms with van der Waals surface area (Å²) in [4.78, 5) is 7.72. The van der Waals surface area contributed by atoms with Crippen LogP contribution in [0.3, 0.4) is 0 Å². The van der Waals surface area contributed by atoms with Crippen LogP contribution in [0.5, 0.6) is 0 Å². The number of hydrogen-bond donors (Lipinski definition) is 1. The topological polar surface area (TPSA) is 48.1 Å². The average Bonchev–Trinajstić information content (AvgIpc) is 2.89. The van der Waals surface area contributed by atoms with Crippen LogP contribution in [-0.4, -0.2) is 53.3 Å². The van der Waals surface area contributed by atoms with Gasteiger partial charge < -0.3 is 14.8 Å². The summed E-state index contributed by atoms with van der Waals surface area (Å²) in [5.41, 5.74) is 0.864. The second-order valence-corrected chi connectivity index (χ2v) is 5.61. The zero-order valence-corrected chi connectivity index (χ0v) is 12.0. The summed E-state index contributed by atoms with van der Waals surface area (Å²) in [6.07, 6.45) is 4.30. The summed E-state index contributed by atoms with van der Waals surface area (Å²) in [6.45, 7) is 2.24. The number of H-pyrrole nitrogens is 1. The van der Waals surface area contributed by atoms with Crippen molar-refractivity contribution in [1.82, 2.24) is 20.1 Å². The molecule has 0 radical (unpaired) electrons. The molecular formula is C13H18ClN5. The van der Waals surface area contributed by atoms with Crippen molar-refractivity contribution in [3.05, 3.63) is 17.4 Å². The van der Waals surface area contributed by atoms with Gasteiger partial charge in [-0.05, 0) is 32.5 Å². The highest BCUT2D eigenvalue weighted by Crippen LogP contribution is 2.29. The van der Waals surface area contributed by atoms with Gasteiger partial charge in [0, 0.05) is 31.2 Å². The lowest BCUT2D eigenvalue weighted by Gasteiger charge is -2.36. The van der Waals surface area contributed by atoms with Crippen LogP contribution in [0.1, 0.15) is 12.8 Å². The van der Waals surface area contributed by atoms with Gasteiger partial charge in [0.05, 0.1) is 5.52 Å². The van der Waals surface area contributed by atoms with Crippen molar-refractivity contribution in [1.29, 1.82) is 0 Å².